The summed E-state index contributed by atoms with van der Waals surface area (Å²) >= 11 is 5.76. The van der Waals surface area contributed by atoms with Crippen LogP contribution in [0.3, 0.4) is 0 Å². The topological polar surface area (TPSA) is 95.1 Å². The molecule has 0 unspecified atom stereocenters. The Kier molecular flexibility index (Phi) is 3.52. The normalized spacial score (nSPS) is 10.2. The van der Waals surface area contributed by atoms with Crippen LogP contribution in [-0.2, 0) is 0 Å². The lowest BCUT2D eigenvalue weighted by atomic mass is 10.3. The van der Waals surface area contributed by atoms with Gasteiger partial charge in [0.1, 0.15) is 11.4 Å². The number of H-pyrrole nitrogens is 1. The maximum absolute atomic E-state index is 11.9. The third kappa shape index (κ3) is 2.92. The van der Waals surface area contributed by atoms with Gasteiger partial charge in [-0.2, -0.15) is 0 Å². The summed E-state index contributed by atoms with van der Waals surface area (Å²) in [5, 5.41) is 11.8. The second-order valence-electron chi connectivity index (χ2n) is 3.86. The first-order valence-electron chi connectivity index (χ1n) is 5.33. The molecule has 2 rings (SSSR count). The molecule has 0 bridgehead atoms. The van der Waals surface area contributed by atoms with E-state index in [4.69, 9.17) is 16.7 Å². The molecule has 1 amide bonds. The fourth-order valence-corrected chi connectivity index (χ4v) is 1.73. The van der Waals surface area contributed by atoms with E-state index < -0.39 is 11.9 Å². The molecule has 2 heterocycles. The number of rotatable bonds is 3. The number of pyridine rings is 1. The highest BCUT2D eigenvalue weighted by Crippen LogP contribution is 2.18. The average Bonchev–Trinajstić information content (AvgIpc) is 2.70. The average molecular weight is 280 g/mol. The number of aromatic amines is 1. The number of carboxylic acid groups (broad SMARTS) is 1. The van der Waals surface area contributed by atoms with E-state index in [0.29, 0.717) is 10.7 Å². The van der Waals surface area contributed by atoms with Crippen LogP contribution in [0.5, 0.6) is 0 Å². The van der Waals surface area contributed by atoms with Crippen molar-refractivity contribution >= 4 is 29.2 Å². The molecular weight excluding hydrogens is 270 g/mol. The van der Waals surface area contributed by atoms with Gasteiger partial charge in [0.05, 0.1) is 5.69 Å². The third-order valence-electron chi connectivity index (χ3n) is 2.37. The number of carbonyl (C=O) groups is 2. The first-order chi connectivity index (χ1) is 8.97. The number of aromatic nitrogens is 2. The van der Waals surface area contributed by atoms with Gasteiger partial charge in [0.15, 0.2) is 0 Å². The van der Waals surface area contributed by atoms with Crippen molar-refractivity contribution in [1.82, 2.24) is 9.97 Å². The molecule has 0 aromatic carbocycles. The van der Waals surface area contributed by atoms with Crippen molar-refractivity contribution < 1.29 is 14.7 Å². The van der Waals surface area contributed by atoms with E-state index in [-0.39, 0.29) is 17.1 Å². The number of carbonyl (C=O) groups excluding carboxylic acids is 1. The number of anilines is 1. The van der Waals surface area contributed by atoms with E-state index in [1.807, 2.05) is 0 Å². The molecule has 0 saturated heterocycles. The molecule has 0 aliphatic heterocycles. The summed E-state index contributed by atoms with van der Waals surface area (Å²) in [4.78, 5) is 29.4. The summed E-state index contributed by atoms with van der Waals surface area (Å²) in [6.07, 6.45) is 1.40. The zero-order valence-corrected chi connectivity index (χ0v) is 10.7. The van der Waals surface area contributed by atoms with Crippen molar-refractivity contribution in [3.63, 3.8) is 0 Å². The zero-order valence-electron chi connectivity index (χ0n) is 9.90. The summed E-state index contributed by atoms with van der Waals surface area (Å²) in [6.45, 7) is 1.69. The SMILES string of the molecule is Cc1cc(NC(=O)c2cc(Cl)ccn2)c(C(=O)O)[nH]1. The van der Waals surface area contributed by atoms with Crippen molar-refractivity contribution in [1.29, 1.82) is 0 Å². The Hall–Kier alpha value is -2.34. The minimum atomic E-state index is -1.15. The van der Waals surface area contributed by atoms with Gasteiger partial charge in [-0.25, -0.2) is 4.79 Å². The van der Waals surface area contributed by atoms with E-state index >= 15 is 0 Å². The lowest BCUT2D eigenvalue weighted by Gasteiger charge is -2.03. The van der Waals surface area contributed by atoms with Crippen LogP contribution in [0.4, 0.5) is 5.69 Å². The summed E-state index contributed by atoms with van der Waals surface area (Å²) in [6, 6.07) is 4.48. The van der Waals surface area contributed by atoms with E-state index in [1.54, 1.807) is 13.0 Å². The highest BCUT2D eigenvalue weighted by molar-refractivity contribution is 6.31. The number of nitrogens with one attached hydrogen (secondary N) is 2. The lowest BCUT2D eigenvalue weighted by molar-refractivity contribution is 0.0692. The van der Waals surface area contributed by atoms with Crippen LogP contribution in [0.15, 0.2) is 24.4 Å². The van der Waals surface area contributed by atoms with Crippen molar-refractivity contribution in [2.45, 2.75) is 6.92 Å². The maximum Gasteiger partial charge on any atom is 0.354 e. The van der Waals surface area contributed by atoms with Crippen LogP contribution in [0.1, 0.15) is 26.7 Å². The fraction of sp³-hybridized carbons (Fsp3) is 0.0833. The first-order valence-corrected chi connectivity index (χ1v) is 5.71. The molecule has 19 heavy (non-hydrogen) atoms. The summed E-state index contributed by atoms with van der Waals surface area (Å²) < 4.78 is 0. The van der Waals surface area contributed by atoms with Crippen LogP contribution < -0.4 is 5.32 Å². The van der Waals surface area contributed by atoms with Gasteiger partial charge in [-0.05, 0) is 25.1 Å². The Labute approximate surface area is 113 Å². The number of aryl methyl sites for hydroxylation is 1. The van der Waals surface area contributed by atoms with Gasteiger partial charge >= 0.3 is 5.97 Å². The molecular formula is C12H10ClN3O3. The number of amides is 1. The van der Waals surface area contributed by atoms with E-state index in [2.05, 4.69) is 15.3 Å². The molecule has 0 fully saturated rings. The van der Waals surface area contributed by atoms with Crippen LogP contribution in [0.2, 0.25) is 5.02 Å². The number of aromatic carboxylic acids is 1. The zero-order chi connectivity index (χ0) is 14.0. The number of nitrogens with zero attached hydrogens (tertiary/aromatic N) is 1. The maximum atomic E-state index is 11.9. The Morgan fingerprint density at radius 1 is 1.42 bits per heavy atom. The molecule has 6 nitrogen and oxygen atoms in total. The third-order valence-corrected chi connectivity index (χ3v) is 2.60. The van der Waals surface area contributed by atoms with Gasteiger partial charge < -0.3 is 15.4 Å². The van der Waals surface area contributed by atoms with Gasteiger partial charge in [-0.15, -0.1) is 0 Å². The van der Waals surface area contributed by atoms with Gasteiger partial charge in [0.2, 0.25) is 0 Å². The predicted molar refractivity (Wildman–Crippen MR) is 69.7 cm³/mol. The Bertz CT molecular complexity index is 651. The first kappa shape index (κ1) is 13.1. The molecule has 0 atom stereocenters. The largest absolute Gasteiger partial charge is 0.477 e. The quantitative estimate of drug-likeness (QED) is 0.803. The molecule has 7 heteroatoms. The second kappa shape index (κ2) is 5.11. The molecule has 0 aliphatic rings. The predicted octanol–water partition coefficient (Wildman–Crippen LogP) is 2.32. The Morgan fingerprint density at radius 2 is 2.16 bits per heavy atom. The van der Waals surface area contributed by atoms with Gasteiger partial charge in [-0.1, -0.05) is 11.6 Å². The second-order valence-corrected chi connectivity index (χ2v) is 4.30. The van der Waals surface area contributed by atoms with Crippen molar-refractivity contribution in [2.24, 2.45) is 0 Å². The van der Waals surface area contributed by atoms with Crippen LogP contribution >= 0.6 is 11.6 Å². The standard InChI is InChI=1S/C12H10ClN3O3/c1-6-4-8(10(15-6)12(18)19)16-11(17)9-5-7(13)2-3-14-9/h2-5,15H,1H3,(H,16,17)(H,18,19). The molecule has 2 aromatic heterocycles. The Balaban J connectivity index is 2.26. The smallest absolute Gasteiger partial charge is 0.354 e. The van der Waals surface area contributed by atoms with Crippen LogP contribution in [-0.4, -0.2) is 27.0 Å². The van der Waals surface area contributed by atoms with Crippen molar-refractivity contribution in [3.05, 3.63) is 46.5 Å². The van der Waals surface area contributed by atoms with Crippen molar-refractivity contribution in [3.8, 4) is 0 Å². The number of halogens is 1. The van der Waals surface area contributed by atoms with Crippen molar-refractivity contribution in [2.75, 3.05) is 5.32 Å². The number of hydrogen-bond acceptors (Lipinski definition) is 3. The molecule has 0 spiro atoms. The van der Waals surface area contributed by atoms with Gasteiger partial charge in [-0.3, -0.25) is 9.78 Å². The van der Waals surface area contributed by atoms with Crippen LogP contribution in [0.25, 0.3) is 0 Å². The number of hydrogen-bond donors (Lipinski definition) is 3. The lowest BCUT2D eigenvalue weighted by Crippen LogP contribution is -2.15. The molecule has 0 saturated carbocycles. The van der Waals surface area contributed by atoms with E-state index in [0.717, 1.165) is 0 Å². The molecule has 3 N–H and O–H groups in total. The van der Waals surface area contributed by atoms with E-state index in [9.17, 15) is 9.59 Å². The van der Waals surface area contributed by atoms with E-state index in [1.165, 1.54) is 18.3 Å². The molecule has 0 radical (unpaired) electrons. The Morgan fingerprint density at radius 3 is 2.79 bits per heavy atom. The molecule has 98 valence electrons. The highest BCUT2D eigenvalue weighted by Gasteiger charge is 2.16. The van der Waals surface area contributed by atoms with Crippen LogP contribution in [0, 0.1) is 6.92 Å². The minimum absolute atomic E-state index is 0.0760. The van der Waals surface area contributed by atoms with Gasteiger partial charge in [0, 0.05) is 16.9 Å². The monoisotopic (exact) mass is 279 g/mol. The highest BCUT2D eigenvalue weighted by atomic mass is 35.5. The van der Waals surface area contributed by atoms with Gasteiger partial charge in [0.25, 0.3) is 5.91 Å². The summed E-state index contributed by atoms with van der Waals surface area (Å²) in [7, 11) is 0. The summed E-state index contributed by atoms with van der Waals surface area (Å²) in [5.74, 6) is -1.67. The summed E-state index contributed by atoms with van der Waals surface area (Å²) in [5.41, 5.74) is 0.860. The fourth-order valence-electron chi connectivity index (χ4n) is 1.57. The minimum Gasteiger partial charge on any atom is -0.477 e. The molecule has 2 aromatic rings. The molecule has 0 aliphatic carbocycles. The number of carboxylic acids is 1.